The van der Waals surface area contributed by atoms with Gasteiger partial charge in [-0.3, -0.25) is 4.79 Å². The number of amides is 1. The van der Waals surface area contributed by atoms with Crippen molar-refractivity contribution in [3.05, 3.63) is 11.4 Å². The zero-order chi connectivity index (χ0) is 18.5. The summed E-state index contributed by atoms with van der Waals surface area (Å²) in [4.78, 5) is 36.8. The Kier molecular flexibility index (Phi) is 12.5. The zero-order valence-electron chi connectivity index (χ0n) is 17.4. The van der Waals surface area contributed by atoms with Crippen LogP contribution in [0.2, 0.25) is 0 Å². The maximum Gasteiger partial charge on any atom is 0.217 e. The normalized spacial score (nSPS) is 21.5. The number of carbonyl (C=O) groups excluding carboxylic acids is 1. The van der Waals surface area contributed by atoms with E-state index >= 15 is 0 Å². The summed E-state index contributed by atoms with van der Waals surface area (Å²) in [5.74, 6) is 0.438. The molecule has 8 nitrogen and oxygen atoms in total. The van der Waals surface area contributed by atoms with E-state index in [0.717, 1.165) is 19.5 Å². The fourth-order valence-corrected chi connectivity index (χ4v) is 4.48. The van der Waals surface area contributed by atoms with Crippen LogP contribution in [0.15, 0.2) is 11.4 Å². The summed E-state index contributed by atoms with van der Waals surface area (Å²) in [6.45, 7) is 11.3. The highest BCUT2D eigenvalue weighted by atomic mass is 31.2. The molecule has 1 aliphatic carbocycles. The van der Waals surface area contributed by atoms with E-state index in [9.17, 15) is 19.1 Å². The van der Waals surface area contributed by atoms with Crippen molar-refractivity contribution >= 4 is 13.5 Å². The molecule has 0 aromatic rings. The lowest BCUT2D eigenvalue weighted by Gasteiger charge is -2.46. The fraction of sp³-hybridized carbons (Fsp3) is 0.824. The molecule has 0 aromatic carbocycles. The van der Waals surface area contributed by atoms with Gasteiger partial charge in [-0.25, -0.2) is 0 Å². The summed E-state index contributed by atoms with van der Waals surface area (Å²) in [5.41, 5.74) is 0. The second-order valence-corrected chi connectivity index (χ2v) is 8.59. The molecular weight excluding hydrogens is 355 g/mol. The molecule has 1 aliphatic rings. The first kappa shape index (κ1) is 27.5. The largest absolute Gasteiger partial charge is 0.808 e. The average molecular weight is 394 g/mol. The van der Waals surface area contributed by atoms with Crippen LogP contribution in [0.3, 0.4) is 0 Å². The van der Waals surface area contributed by atoms with E-state index in [-0.39, 0.29) is 47.9 Å². The molecule has 0 unspecified atom stereocenters. The number of rotatable bonds is 8. The van der Waals surface area contributed by atoms with E-state index < -0.39 is 7.60 Å². The number of allylic oxidation sites excluding steroid dienone is 1. The highest BCUT2D eigenvalue weighted by Gasteiger charge is 2.36. The van der Waals surface area contributed by atoms with Crippen molar-refractivity contribution in [3.8, 4) is 0 Å². The minimum Gasteiger partial charge on any atom is -0.808 e. The van der Waals surface area contributed by atoms with Crippen molar-refractivity contribution in [1.82, 2.24) is 22.5 Å². The van der Waals surface area contributed by atoms with Crippen LogP contribution in [0.5, 0.6) is 0 Å². The van der Waals surface area contributed by atoms with Gasteiger partial charge in [-0.15, -0.1) is 0 Å². The van der Waals surface area contributed by atoms with Gasteiger partial charge in [0.1, 0.15) is 0 Å². The van der Waals surface area contributed by atoms with Crippen LogP contribution in [0.25, 0.3) is 0 Å². The third-order valence-corrected chi connectivity index (χ3v) is 5.87. The fourth-order valence-electron chi connectivity index (χ4n) is 3.74. The molecule has 0 fully saturated rings. The predicted molar refractivity (Wildman–Crippen MR) is 104 cm³/mol. The molecule has 0 saturated carbocycles. The number of hydrogen-bond acceptors (Lipinski definition) is 5. The minimum absolute atomic E-state index is 0. The monoisotopic (exact) mass is 394 g/mol. The van der Waals surface area contributed by atoms with Crippen molar-refractivity contribution in [2.24, 2.45) is 11.8 Å². The molecule has 0 spiro atoms. The quantitative estimate of drug-likeness (QED) is 0.535. The topological polar surface area (TPSA) is 169 Å². The molecule has 0 saturated heterocycles. The minimum atomic E-state index is -4.70. The van der Waals surface area contributed by atoms with E-state index in [1.165, 1.54) is 6.92 Å². The Morgan fingerprint density at radius 2 is 1.85 bits per heavy atom. The first-order valence-corrected chi connectivity index (χ1v) is 10.4. The van der Waals surface area contributed by atoms with E-state index in [2.05, 4.69) is 24.1 Å². The van der Waals surface area contributed by atoms with Crippen LogP contribution in [-0.2, 0) is 9.36 Å². The Labute approximate surface area is 158 Å². The van der Waals surface area contributed by atoms with Crippen LogP contribution >= 0.6 is 7.60 Å². The van der Waals surface area contributed by atoms with Crippen LogP contribution < -0.4 is 27.4 Å². The van der Waals surface area contributed by atoms with Crippen LogP contribution in [0, 0.1) is 11.8 Å². The Bertz CT molecular complexity index is 503. The van der Waals surface area contributed by atoms with Gasteiger partial charge >= 0.3 is 0 Å². The molecule has 0 radical (unpaired) electrons. The third kappa shape index (κ3) is 7.86. The summed E-state index contributed by atoms with van der Waals surface area (Å²) in [5, 5.41) is 3.06. The molecule has 156 valence electrons. The predicted octanol–water partition coefficient (Wildman–Crippen LogP) is 2.21. The van der Waals surface area contributed by atoms with E-state index in [4.69, 9.17) is 0 Å². The first-order valence-electron chi connectivity index (χ1n) is 8.82. The van der Waals surface area contributed by atoms with E-state index in [1.807, 2.05) is 13.8 Å². The van der Waals surface area contributed by atoms with Gasteiger partial charge in [0, 0.05) is 19.0 Å². The van der Waals surface area contributed by atoms with Gasteiger partial charge in [0.15, 0.2) is 0 Å². The molecule has 9 N–H and O–H groups in total. The van der Waals surface area contributed by atoms with Gasteiger partial charge in [0.2, 0.25) is 5.91 Å². The van der Waals surface area contributed by atoms with Crippen LogP contribution in [-0.4, -0.2) is 36.0 Å². The molecule has 0 heterocycles. The van der Waals surface area contributed by atoms with Crippen LogP contribution in [0.4, 0.5) is 0 Å². The lowest BCUT2D eigenvalue weighted by atomic mass is 9.79. The molecule has 9 heteroatoms. The van der Waals surface area contributed by atoms with Crippen molar-refractivity contribution in [2.45, 2.75) is 66.0 Å². The lowest BCUT2D eigenvalue weighted by Crippen LogP contribution is -2.52. The number of carbonyl (C=O) groups is 1. The number of nitrogens with one attached hydrogen (secondary N) is 1. The molecule has 3 atom stereocenters. The summed E-state index contributed by atoms with van der Waals surface area (Å²) < 4.78 is 11.5. The van der Waals surface area contributed by atoms with Crippen molar-refractivity contribution < 1.29 is 19.1 Å². The standard InChI is InChI=1S/C17H33N2O4P.2H3N/c1-6-19(7-2)17-11-14(24(21,22)23)8-9-15(17)16(10-12(3)4)18-13(5)20;;/h8,12,15-17H,6-7,9-11H2,1-5H3,(H,18,20)(H2,21,22,23);2*1H3/t15-,16-,17-;;/m0../s1. The lowest BCUT2D eigenvalue weighted by molar-refractivity contribution is -0.310. The highest BCUT2D eigenvalue weighted by molar-refractivity contribution is 7.53. The summed E-state index contributed by atoms with van der Waals surface area (Å²) in [6.07, 6.45) is 3.14. The first-order chi connectivity index (χ1) is 11.1. The van der Waals surface area contributed by atoms with Gasteiger partial charge in [-0.05, 0) is 57.1 Å². The van der Waals surface area contributed by atoms with Gasteiger partial charge in [-0.2, -0.15) is 0 Å². The van der Waals surface area contributed by atoms with Crippen molar-refractivity contribution in [1.29, 1.82) is 0 Å². The van der Waals surface area contributed by atoms with Crippen molar-refractivity contribution in [2.75, 3.05) is 13.1 Å². The number of quaternary nitrogens is 2. The van der Waals surface area contributed by atoms with E-state index in [1.54, 1.807) is 6.08 Å². The summed E-state index contributed by atoms with van der Waals surface area (Å²) >= 11 is 0. The Balaban J connectivity index is 0. The molecule has 1 amide bonds. The number of nitrogens with zero attached hydrogens (tertiary/aromatic N) is 1. The van der Waals surface area contributed by atoms with E-state index in [0.29, 0.717) is 12.3 Å². The van der Waals surface area contributed by atoms with Crippen LogP contribution in [0.1, 0.15) is 53.9 Å². The smallest absolute Gasteiger partial charge is 0.217 e. The van der Waals surface area contributed by atoms with Crippen molar-refractivity contribution in [3.63, 3.8) is 0 Å². The molecule has 0 aromatic heterocycles. The Morgan fingerprint density at radius 1 is 1.31 bits per heavy atom. The molecule has 1 rings (SSSR count). The molecule has 0 bridgehead atoms. The Morgan fingerprint density at radius 3 is 2.23 bits per heavy atom. The maximum absolute atomic E-state index is 11.6. The number of hydrogen-bond donors (Lipinski definition) is 3. The van der Waals surface area contributed by atoms with Gasteiger partial charge in [0.25, 0.3) is 0 Å². The van der Waals surface area contributed by atoms with Gasteiger partial charge in [-0.1, -0.05) is 33.8 Å². The second kappa shape index (κ2) is 11.8. The SMILES string of the molecule is CCN(CC)[C@H]1CC(P(=O)([O-])[O-])=CC[C@H]1[C@H](CC(C)C)NC(C)=O.[NH4+].[NH4+]. The Hall–Kier alpha value is -0.760. The maximum atomic E-state index is 11.6. The molecular formula is C17H39N4O4P. The van der Waals surface area contributed by atoms with Gasteiger partial charge < -0.3 is 36.9 Å². The molecule has 26 heavy (non-hydrogen) atoms. The summed E-state index contributed by atoms with van der Waals surface area (Å²) in [6, 6.07) is -0.0737. The third-order valence-electron chi connectivity index (χ3n) is 4.80. The summed E-state index contributed by atoms with van der Waals surface area (Å²) in [7, 11) is -4.70. The van der Waals surface area contributed by atoms with Gasteiger partial charge in [0.05, 0.1) is 0 Å². The second-order valence-electron chi connectivity index (χ2n) is 7.02. The zero-order valence-corrected chi connectivity index (χ0v) is 18.3. The highest BCUT2D eigenvalue weighted by Crippen LogP contribution is 2.45. The molecule has 0 aliphatic heterocycles. The average Bonchev–Trinajstić information content (AvgIpc) is 2.46.